The smallest absolute Gasteiger partial charge is 0.549 e. The number of pyridine rings is 3. The molecule has 5 heterocycles. The zero-order valence-electron chi connectivity index (χ0n) is 30.5. The second kappa shape index (κ2) is 21.8. The number of hydrogen-bond donors (Lipinski definition) is 1. The first-order chi connectivity index (χ1) is 26.4. The van der Waals surface area contributed by atoms with Gasteiger partial charge in [-0.2, -0.15) is 0 Å². The SMILES string of the molecule is O=C([O-])CN1CCN([C@@H](CCCCNC(=O)CCN2C(=O)C=CC2=O)C(=O)[O-])CCN(CC(=O)[O-])Cc2cccc(n2)-c2cccc(n2)-c2cccc(n2)C1.[Eu+3]. The van der Waals surface area contributed by atoms with Crippen LogP contribution in [-0.4, -0.2) is 129 Å². The number of fused-ring (bicyclic) bond motifs is 8. The summed E-state index contributed by atoms with van der Waals surface area (Å²) in [5.74, 6) is -5.36. The predicted octanol–water partition coefficient (Wildman–Crippen LogP) is -2.65. The van der Waals surface area contributed by atoms with E-state index in [1.165, 1.54) is 0 Å². The summed E-state index contributed by atoms with van der Waals surface area (Å²) in [4.78, 5) is 92.1. The van der Waals surface area contributed by atoms with E-state index in [0.717, 1.165) is 17.1 Å². The Bertz CT molecular complexity index is 1820. The van der Waals surface area contributed by atoms with Gasteiger partial charge in [0.1, 0.15) is 0 Å². The van der Waals surface area contributed by atoms with Gasteiger partial charge in [-0.3, -0.25) is 34.0 Å². The van der Waals surface area contributed by atoms with Crippen LogP contribution in [0.25, 0.3) is 22.8 Å². The zero-order chi connectivity index (χ0) is 39.3. The van der Waals surface area contributed by atoms with Crippen LogP contribution in [0.1, 0.15) is 37.1 Å². The number of imide groups is 1. The maximum absolute atomic E-state index is 12.6. The molecule has 0 aliphatic carbocycles. The van der Waals surface area contributed by atoms with Crippen molar-refractivity contribution in [3.8, 4) is 22.8 Å². The summed E-state index contributed by atoms with van der Waals surface area (Å²) in [6, 6.07) is 14.9. The van der Waals surface area contributed by atoms with Gasteiger partial charge < -0.3 is 35.0 Å². The number of carbonyl (C=O) groups is 6. The second-order valence-corrected chi connectivity index (χ2v) is 13.2. The molecule has 1 N–H and O–H groups in total. The molecule has 0 aromatic carbocycles. The van der Waals surface area contributed by atoms with E-state index in [0.29, 0.717) is 47.0 Å². The normalized spacial score (nSPS) is 16.0. The molecular formula is C38H41EuN8O9. The van der Waals surface area contributed by atoms with Gasteiger partial charge in [0, 0.05) is 90.1 Å². The molecule has 17 nitrogen and oxygen atoms in total. The largest absolute Gasteiger partial charge is 3.00 e. The summed E-state index contributed by atoms with van der Waals surface area (Å²) in [5.41, 5.74) is 3.32. The van der Waals surface area contributed by atoms with Gasteiger partial charge in [0.05, 0.1) is 52.1 Å². The standard InChI is InChI=1S/C38H44N8O9.Eu/c47-33(15-17-46-34(48)13-14-35(46)49)39-16-2-1-12-32(38(54)55)45-20-18-43(24-36(50)51)22-26-6-3-8-28(40-26)30-10-5-11-31(42-30)29-9-4-7-27(41-29)23-44(19-21-45)25-37(52)53;/h3-11,13-14,32H,1-2,12,15-25H2,(H,39,47)(H,50,51)(H,52,53)(H,54,55);/q;+3/p-3/t32-;/m0./s1. The topological polar surface area (TPSA) is 235 Å². The number of aliphatic carboxylic acids is 3. The number of nitrogens with zero attached hydrogens (tertiary/aromatic N) is 7. The molecule has 56 heavy (non-hydrogen) atoms. The molecule has 6 bridgehead atoms. The predicted molar refractivity (Wildman–Crippen MR) is 189 cm³/mol. The number of rotatable bonds is 14. The van der Waals surface area contributed by atoms with Crippen molar-refractivity contribution in [1.29, 1.82) is 0 Å². The van der Waals surface area contributed by atoms with E-state index in [1.54, 1.807) is 63.2 Å². The van der Waals surface area contributed by atoms with Gasteiger partial charge in [-0.1, -0.05) is 18.2 Å². The molecule has 2 aliphatic heterocycles. The number of aromatic nitrogens is 3. The van der Waals surface area contributed by atoms with Gasteiger partial charge in [-0.25, -0.2) is 15.0 Å². The summed E-state index contributed by atoms with van der Waals surface area (Å²) >= 11 is 0. The Labute approximate surface area is 364 Å². The van der Waals surface area contributed by atoms with E-state index in [4.69, 9.17) is 15.0 Å². The summed E-state index contributed by atoms with van der Waals surface area (Å²) in [6.07, 6.45) is 3.07. The van der Waals surface area contributed by atoms with Crippen molar-refractivity contribution in [2.75, 3.05) is 52.4 Å². The third-order valence-corrected chi connectivity index (χ3v) is 9.17. The molecule has 0 radical (unpaired) electrons. The number of carbonyl (C=O) groups excluding carboxylic acids is 6. The van der Waals surface area contributed by atoms with Gasteiger partial charge in [0.15, 0.2) is 0 Å². The van der Waals surface area contributed by atoms with Gasteiger partial charge in [0.2, 0.25) is 5.91 Å². The minimum Gasteiger partial charge on any atom is -0.549 e. The van der Waals surface area contributed by atoms with Crippen molar-refractivity contribution in [2.45, 2.75) is 44.8 Å². The van der Waals surface area contributed by atoms with Gasteiger partial charge in [0.25, 0.3) is 11.8 Å². The first-order valence-electron chi connectivity index (χ1n) is 17.9. The molecule has 2 aliphatic rings. The number of hydrogen-bond acceptors (Lipinski definition) is 15. The Hall–Kier alpha value is -4.33. The first kappa shape index (κ1) is 44.4. The fraction of sp³-hybridized carbons (Fsp3) is 0.395. The molecule has 0 unspecified atom stereocenters. The Morgan fingerprint density at radius 3 is 1.64 bits per heavy atom. The van der Waals surface area contributed by atoms with Gasteiger partial charge in [-0.05, 0) is 55.7 Å². The molecule has 3 amide bonds. The summed E-state index contributed by atoms with van der Waals surface area (Å²) in [5, 5.41) is 39.0. The van der Waals surface area contributed by atoms with Crippen molar-refractivity contribution < 1.29 is 93.5 Å². The number of amides is 3. The van der Waals surface area contributed by atoms with E-state index in [1.807, 2.05) is 6.07 Å². The van der Waals surface area contributed by atoms with Crippen molar-refractivity contribution in [3.63, 3.8) is 0 Å². The Morgan fingerprint density at radius 1 is 0.679 bits per heavy atom. The minimum atomic E-state index is -1.37. The van der Waals surface area contributed by atoms with Gasteiger partial charge >= 0.3 is 49.4 Å². The molecule has 0 spiro atoms. The fourth-order valence-corrected chi connectivity index (χ4v) is 6.45. The summed E-state index contributed by atoms with van der Waals surface area (Å²) < 4.78 is 0. The second-order valence-electron chi connectivity index (χ2n) is 13.2. The Morgan fingerprint density at radius 2 is 1.16 bits per heavy atom. The molecule has 5 rings (SSSR count). The van der Waals surface area contributed by atoms with E-state index in [9.17, 15) is 44.1 Å². The molecular weight excluding hydrogens is 864 g/mol. The van der Waals surface area contributed by atoms with E-state index in [-0.39, 0.29) is 120 Å². The van der Waals surface area contributed by atoms with E-state index in [2.05, 4.69) is 5.32 Å². The van der Waals surface area contributed by atoms with Crippen molar-refractivity contribution >= 4 is 35.6 Å². The molecule has 3 aromatic heterocycles. The quantitative estimate of drug-likeness (QED) is 0.129. The average molecular weight is 906 g/mol. The van der Waals surface area contributed by atoms with Crippen molar-refractivity contribution in [2.24, 2.45) is 0 Å². The molecule has 18 heteroatoms. The maximum atomic E-state index is 12.6. The Kier molecular flexibility index (Phi) is 17.3. The Balaban J connectivity index is 0.00000696. The fourth-order valence-electron chi connectivity index (χ4n) is 6.45. The molecule has 294 valence electrons. The zero-order valence-corrected chi connectivity index (χ0v) is 32.9. The van der Waals surface area contributed by atoms with Crippen LogP contribution in [0.5, 0.6) is 0 Å². The first-order valence-corrected chi connectivity index (χ1v) is 17.9. The number of carboxylic acids is 3. The number of nitrogens with one attached hydrogen (secondary N) is 1. The minimum absolute atomic E-state index is 0. The third-order valence-electron chi connectivity index (χ3n) is 9.17. The van der Waals surface area contributed by atoms with Crippen LogP contribution < -0.4 is 20.6 Å². The molecule has 0 saturated carbocycles. The third kappa shape index (κ3) is 13.4. The van der Waals surface area contributed by atoms with Gasteiger partial charge in [-0.15, -0.1) is 0 Å². The van der Waals surface area contributed by atoms with Crippen LogP contribution in [0.2, 0.25) is 0 Å². The van der Waals surface area contributed by atoms with E-state index >= 15 is 0 Å². The summed E-state index contributed by atoms with van der Waals surface area (Å²) in [6.45, 7) is -0.240. The van der Waals surface area contributed by atoms with E-state index < -0.39 is 48.9 Å². The molecule has 0 saturated heterocycles. The van der Waals surface area contributed by atoms with Crippen LogP contribution in [0.4, 0.5) is 0 Å². The monoisotopic (exact) mass is 906 g/mol. The molecule has 1 atom stereocenters. The molecule has 3 aromatic rings. The average Bonchev–Trinajstić information content (AvgIpc) is 3.47. The van der Waals surface area contributed by atoms with Crippen molar-refractivity contribution in [1.82, 2.24) is 39.9 Å². The molecule has 0 fully saturated rings. The van der Waals surface area contributed by atoms with Crippen LogP contribution in [0, 0.1) is 49.4 Å². The van der Waals surface area contributed by atoms with Crippen LogP contribution >= 0.6 is 0 Å². The number of carboxylic acid groups (broad SMARTS) is 3. The number of unbranched alkanes of at least 4 members (excludes halogenated alkanes) is 1. The van der Waals surface area contributed by atoms with Crippen LogP contribution in [0.15, 0.2) is 66.7 Å². The van der Waals surface area contributed by atoms with Crippen LogP contribution in [-0.2, 0) is 41.9 Å². The summed E-state index contributed by atoms with van der Waals surface area (Å²) in [7, 11) is 0. The van der Waals surface area contributed by atoms with Crippen LogP contribution in [0.3, 0.4) is 0 Å². The maximum Gasteiger partial charge on any atom is 3.00 e. The van der Waals surface area contributed by atoms with Crippen molar-refractivity contribution in [3.05, 3.63) is 78.1 Å².